The highest BCUT2D eigenvalue weighted by Crippen LogP contribution is 2.14. The maximum absolute atomic E-state index is 12.9. The average molecular weight is 982 g/mol. The molecule has 0 saturated heterocycles. The zero-order valence-electron chi connectivity index (χ0n) is 45.7. The van der Waals surface area contributed by atoms with Crippen LogP contribution < -0.4 is 0 Å². The summed E-state index contributed by atoms with van der Waals surface area (Å²) in [7, 11) is 0. The Kier molecular flexibility index (Phi) is 54.5. The second kappa shape index (κ2) is 58.1. The van der Waals surface area contributed by atoms with E-state index in [2.05, 4.69) is 148 Å². The summed E-state index contributed by atoms with van der Waals surface area (Å²) in [6.45, 7) is 6.36. The van der Waals surface area contributed by atoms with Crippen LogP contribution in [-0.4, -0.2) is 37.2 Å². The molecule has 0 bridgehead atoms. The Hall–Kier alpha value is -4.45. The molecule has 0 radical (unpaired) electrons. The summed E-state index contributed by atoms with van der Waals surface area (Å²) in [5.74, 6) is -1.06. The van der Waals surface area contributed by atoms with Crippen molar-refractivity contribution in [2.75, 3.05) is 13.2 Å². The van der Waals surface area contributed by atoms with E-state index >= 15 is 0 Å². The second-order valence-corrected chi connectivity index (χ2v) is 18.5. The Morgan fingerprint density at radius 3 is 0.972 bits per heavy atom. The largest absolute Gasteiger partial charge is 0.462 e. The van der Waals surface area contributed by atoms with E-state index in [9.17, 15) is 14.4 Å². The van der Waals surface area contributed by atoms with Gasteiger partial charge in [-0.2, -0.15) is 0 Å². The Balaban J connectivity index is 4.57. The van der Waals surface area contributed by atoms with Gasteiger partial charge in [-0.1, -0.05) is 225 Å². The lowest BCUT2D eigenvalue weighted by Crippen LogP contribution is -2.30. The van der Waals surface area contributed by atoms with Crippen LogP contribution in [-0.2, 0) is 28.6 Å². The summed E-state index contributed by atoms with van der Waals surface area (Å²) in [5.41, 5.74) is 0. The summed E-state index contributed by atoms with van der Waals surface area (Å²) >= 11 is 0. The molecule has 0 aliphatic heterocycles. The summed E-state index contributed by atoms with van der Waals surface area (Å²) in [4.78, 5) is 38.1. The van der Waals surface area contributed by atoms with E-state index in [1.807, 2.05) is 6.08 Å². The number of ether oxygens (including phenoxy) is 3. The lowest BCUT2D eigenvalue weighted by molar-refractivity contribution is -0.166. The molecule has 0 fully saturated rings. The van der Waals surface area contributed by atoms with Gasteiger partial charge < -0.3 is 14.2 Å². The van der Waals surface area contributed by atoms with Crippen molar-refractivity contribution in [3.05, 3.63) is 134 Å². The van der Waals surface area contributed by atoms with Gasteiger partial charge in [0.15, 0.2) is 6.10 Å². The third-order valence-corrected chi connectivity index (χ3v) is 11.6. The monoisotopic (exact) mass is 981 g/mol. The molecule has 0 N–H and O–H groups in total. The van der Waals surface area contributed by atoms with Crippen LogP contribution in [0.15, 0.2) is 134 Å². The highest BCUT2D eigenvalue weighted by Gasteiger charge is 2.19. The molecule has 0 spiro atoms. The van der Waals surface area contributed by atoms with Crippen molar-refractivity contribution < 1.29 is 28.6 Å². The van der Waals surface area contributed by atoms with Gasteiger partial charge in [0.05, 0.1) is 0 Å². The maximum Gasteiger partial charge on any atom is 0.306 e. The van der Waals surface area contributed by atoms with Crippen LogP contribution in [0.5, 0.6) is 0 Å². The molecule has 0 heterocycles. The average Bonchev–Trinajstić information content (AvgIpc) is 3.37. The van der Waals surface area contributed by atoms with Crippen molar-refractivity contribution in [3.63, 3.8) is 0 Å². The van der Waals surface area contributed by atoms with Crippen LogP contribution in [0.2, 0.25) is 0 Å². The molecule has 0 unspecified atom stereocenters. The fraction of sp³-hybridized carbons (Fsp3) is 0.615. The van der Waals surface area contributed by atoms with Crippen LogP contribution >= 0.6 is 0 Å². The number of unbranched alkanes of at least 4 members (excludes halogenated alkanes) is 17. The van der Waals surface area contributed by atoms with Crippen LogP contribution in [0, 0.1) is 0 Å². The summed E-state index contributed by atoms with van der Waals surface area (Å²) < 4.78 is 16.8. The molecule has 6 heteroatoms. The molecule has 71 heavy (non-hydrogen) atoms. The smallest absolute Gasteiger partial charge is 0.306 e. The Bertz CT molecular complexity index is 1550. The van der Waals surface area contributed by atoms with Crippen LogP contribution in [0.1, 0.15) is 239 Å². The molecule has 400 valence electrons. The first-order chi connectivity index (χ1) is 35.0. The number of carbonyl (C=O) groups excluding carboxylic acids is 3. The Morgan fingerprint density at radius 1 is 0.296 bits per heavy atom. The highest BCUT2D eigenvalue weighted by molar-refractivity contribution is 5.71. The number of allylic oxidation sites excluding steroid dienone is 22. The van der Waals surface area contributed by atoms with E-state index in [-0.39, 0.29) is 44.0 Å². The predicted octanol–water partition coefficient (Wildman–Crippen LogP) is 19.4. The lowest BCUT2D eigenvalue weighted by atomic mass is 10.1. The Labute approximate surface area is 436 Å². The summed E-state index contributed by atoms with van der Waals surface area (Å²) in [6, 6.07) is 0. The minimum Gasteiger partial charge on any atom is -0.462 e. The first-order valence-electron chi connectivity index (χ1n) is 28.7. The van der Waals surface area contributed by atoms with Gasteiger partial charge in [0.25, 0.3) is 0 Å². The van der Waals surface area contributed by atoms with Gasteiger partial charge in [0.1, 0.15) is 13.2 Å². The first kappa shape index (κ1) is 66.6. The molecular weight excluding hydrogens is 877 g/mol. The summed E-state index contributed by atoms with van der Waals surface area (Å²) in [5, 5.41) is 0. The third kappa shape index (κ3) is 56.3. The van der Waals surface area contributed by atoms with Gasteiger partial charge in [-0.15, -0.1) is 0 Å². The molecule has 0 aromatic heterocycles. The highest BCUT2D eigenvalue weighted by atomic mass is 16.6. The molecule has 0 amide bonds. The molecule has 0 aromatic rings. The zero-order chi connectivity index (χ0) is 51.4. The van der Waals surface area contributed by atoms with Crippen LogP contribution in [0.3, 0.4) is 0 Å². The number of carbonyl (C=O) groups is 3. The van der Waals surface area contributed by atoms with Gasteiger partial charge in [-0.05, 0) is 128 Å². The number of rotatable bonds is 50. The lowest BCUT2D eigenvalue weighted by Gasteiger charge is -2.18. The van der Waals surface area contributed by atoms with Gasteiger partial charge in [-0.25, -0.2) is 0 Å². The van der Waals surface area contributed by atoms with E-state index in [0.717, 1.165) is 89.9 Å². The first-order valence-corrected chi connectivity index (χ1v) is 28.7. The minimum atomic E-state index is -0.833. The normalized spacial score (nSPS) is 13.1. The van der Waals surface area contributed by atoms with Crippen molar-refractivity contribution in [3.8, 4) is 0 Å². The molecule has 0 aliphatic carbocycles. The van der Waals surface area contributed by atoms with E-state index < -0.39 is 6.10 Å². The topological polar surface area (TPSA) is 78.9 Å². The fourth-order valence-corrected chi connectivity index (χ4v) is 7.33. The molecule has 1 atom stereocenters. The van der Waals surface area contributed by atoms with Crippen LogP contribution in [0.25, 0.3) is 0 Å². The molecule has 0 aromatic carbocycles. The van der Waals surface area contributed by atoms with Crippen molar-refractivity contribution >= 4 is 17.9 Å². The molecule has 6 nitrogen and oxygen atoms in total. The molecular formula is C65H104O6. The number of esters is 3. The minimum absolute atomic E-state index is 0.128. The SMILES string of the molecule is CC/C=C\C/C=C\C/C=C\C/C=C\CCCCC(=O)OC[C@H](COC(=O)CC/C=C\C/C=C\C/C=C\C/C=C\C/C=C\CCCCC)OC(=O)CCCCCCCCCCC/C=C\C/C=C\CCCCC. The molecule has 0 aliphatic rings. The van der Waals surface area contributed by atoms with Crippen molar-refractivity contribution in [1.29, 1.82) is 0 Å². The van der Waals surface area contributed by atoms with Gasteiger partial charge in [0, 0.05) is 19.3 Å². The van der Waals surface area contributed by atoms with Crippen molar-refractivity contribution in [2.45, 2.75) is 245 Å². The molecule has 0 rings (SSSR count). The fourth-order valence-electron chi connectivity index (χ4n) is 7.33. The quantitative estimate of drug-likeness (QED) is 0.0262. The van der Waals surface area contributed by atoms with Crippen molar-refractivity contribution in [1.82, 2.24) is 0 Å². The molecule has 0 saturated carbocycles. The van der Waals surface area contributed by atoms with Crippen LogP contribution in [0.4, 0.5) is 0 Å². The van der Waals surface area contributed by atoms with E-state index in [1.54, 1.807) is 0 Å². The number of hydrogen-bond donors (Lipinski definition) is 0. The standard InChI is InChI=1S/C65H104O6/c1-4-7-10-13-16-19-22-25-28-30-32-34-37-40-43-46-49-52-55-58-64(67)70-61-62(60-69-63(66)57-54-51-48-45-42-39-36-27-24-21-18-15-12-9-6-3)71-65(68)59-56-53-50-47-44-41-38-35-33-31-29-26-23-20-17-14-11-8-5-2/h9,12,16-21,25-29,32,34,36,40,42-43,45,49,52,62H,4-8,10-11,13-15,22-24,30-31,33,35,37-39,41,44,46-48,50-51,53-61H2,1-3H3/b12-9-,19-16-,20-17-,21-18-,28-25-,29-26-,34-32-,36-27-,43-40-,45-42-,52-49-/t62-/m1/s1. The van der Waals surface area contributed by atoms with Gasteiger partial charge >= 0.3 is 17.9 Å². The van der Waals surface area contributed by atoms with E-state index in [4.69, 9.17) is 14.2 Å². The number of hydrogen-bond acceptors (Lipinski definition) is 6. The zero-order valence-corrected chi connectivity index (χ0v) is 45.7. The maximum atomic E-state index is 12.9. The Morgan fingerprint density at radius 2 is 0.577 bits per heavy atom. The van der Waals surface area contributed by atoms with E-state index in [1.165, 1.54) is 96.3 Å². The van der Waals surface area contributed by atoms with Gasteiger partial charge in [0.2, 0.25) is 0 Å². The predicted molar refractivity (Wildman–Crippen MR) is 306 cm³/mol. The third-order valence-electron chi connectivity index (χ3n) is 11.6. The second-order valence-electron chi connectivity index (χ2n) is 18.5. The van der Waals surface area contributed by atoms with E-state index in [0.29, 0.717) is 19.3 Å². The van der Waals surface area contributed by atoms with Gasteiger partial charge in [-0.3, -0.25) is 14.4 Å². The summed E-state index contributed by atoms with van der Waals surface area (Å²) in [6.07, 6.45) is 81.7. The van der Waals surface area contributed by atoms with Crippen molar-refractivity contribution in [2.24, 2.45) is 0 Å².